The number of furan rings is 2. The minimum absolute atomic E-state index is 0.0438. The van der Waals surface area contributed by atoms with Gasteiger partial charge in [0.2, 0.25) is 5.76 Å². The van der Waals surface area contributed by atoms with Crippen LogP contribution in [-0.2, 0) is 11.3 Å². The van der Waals surface area contributed by atoms with Crippen LogP contribution in [0.15, 0.2) is 62.3 Å². The number of nitrogens with zero attached hydrogens (tertiary/aromatic N) is 3. The van der Waals surface area contributed by atoms with Crippen LogP contribution in [0.25, 0.3) is 23.1 Å². The Morgan fingerprint density at radius 2 is 2.11 bits per heavy atom. The average molecular weight is 365 g/mol. The van der Waals surface area contributed by atoms with Crippen molar-refractivity contribution in [2.45, 2.75) is 31.9 Å². The fourth-order valence-electron chi connectivity index (χ4n) is 3.37. The Labute approximate surface area is 155 Å². The molecule has 1 fully saturated rings. The molecule has 0 N–H and O–H groups in total. The molecule has 0 saturated carbocycles. The largest absolute Gasteiger partial charge is 0.461 e. The molecule has 0 amide bonds. The first kappa shape index (κ1) is 16.1. The van der Waals surface area contributed by atoms with E-state index in [2.05, 4.69) is 10.1 Å². The zero-order chi connectivity index (χ0) is 18.1. The Balaban J connectivity index is 1.36. The molecule has 138 valence electrons. The van der Waals surface area contributed by atoms with Crippen molar-refractivity contribution in [3.8, 4) is 23.1 Å². The van der Waals surface area contributed by atoms with Crippen LogP contribution in [0.5, 0.6) is 0 Å². The van der Waals surface area contributed by atoms with Gasteiger partial charge in [0.1, 0.15) is 17.6 Å². The van der Waals surface area contributed by atoms with Gasteiger partial charge in [-0.25, -0.2) is 4.98 Å². The van der Waals surface area contributed by atoms with Crippen LogP contribution in [0.2, 0.25) is 0 Å². The van der Waals surface area contributed by atoms with Crippen molar-refractivity contribution in [1.82, 2.24) is 14.7 Å². The molecule has 1 saturated heterocycles. The molecule has 7 nitrogen and oxygen atoms in total. The summed E-state index contributed by atoms with van der Waals surface area (Å²) >= 11 is 0. The van der Waals surface area contributed by atoms with Gasteiger partial charge in [-0.15, -0.1) is 0 Å². The summed E-state index contributed by atoms with van der Waals surface area (Å²) in [4.78, 5) is 4.45. The first-order valence-corrected chi connectivity index (χ1v) is 9.09. The van der Waals surface area contributed by atoms with E-state index in [0.29, 0.717) is 18.1 Å². The summed E-state index contributed by atoms with van der Waals surface area (Å²) in [5, 5.41) is 4.13. The van der Waals surface area contributed by atoms with Crippen LogP contribution < -0.4 is 0 Å². The van der Waals surface area contributed by atoms with Crippen LogP contribution in [-0.4, -0.2) is 21.3 Å². The van der Waals surface area contributed by atoms with E-state index in [9.17, 15) is 0 Å². The fourth-order valence-corrected chi connectivity index (χ4v) is 3.37. The van der Waals surface area contributed by atoms with Gasteiger partial charge < -0.3 is 22.7 Å². The van der Waals surface area contributed by atoms with Gasteiger partial charge in [0, 0.05) is 25.1 Å². The van der Waals surface area contributed by atoms with Gasteiger partial charge in [-0.1, -0.05) is 5.16 Å². The standard InChI is InChI=1S/C20H19N3O4/c1-2-10-24-15(4-1)17-6-7-18(26-17)20-21-8-9-23(20)13-14-12-19(27-22-14)16-5-3-11-25-16/h3,5-9,11-12,15H,1-2,4,10,13H2. The molecule has 5 heterocycles. The molecule has 0 aliphatic carbocycles. The molecular weight excluding hydrogens is 346 g/mol. The third-order valence-corrected chi connectivity index (χ3v) is 4.71. The number of ether oxygens (including phenoxy) is 1. The lowest BCUT2D eigenvalue weighted by atomic mass is 10.1. The molecule has 0 radical (unpaired) electrons. The summed E-state index contributed by atoms with van der Waals surface area (Å²) in [5.41, 5.74) is 0.781. The fraction of sp³-hybridized carbons (Fsp3) is 0.300. The number of hydrogen-bond acceptors (Lipinski definition) is 6. The lowest BCUT2D eigenvalue weighted by molar-refractivity contribution is 0.00218. The molecule has 0 aromatic carbocycles. The van der Waals surface area contributed by atoms with Gasteiger partial charge in [0.15, 0.2) is 17.3 Å². The molecule has 5 rings (SSSR count). The molecule has 0 bridgehead atoms. The molecule has 4 aromatic heterocycles. The summed E-state index contributed by atoms with van der Waals surface area (Å²) in [6.45, 7) is 1.31. The third-order valence-electron chi connectivity index (χ3n) is 4.71. The van der Waals surface area contributed by atoms with Crippen LogP contribution in [0.4, 0.5) is 0 Å². The highest BCUT2D eigenvalue weighted by atomic mass is 16.5. The predicted octanol–water partition coefficient (Wildman–Crippen LogP) is 4.68. The monoisotopic (exact) mass is 365 g/mol. The Morgan fingerprint density at radius 3 is 2.96 bits per heavy atom. The molecule has 7 heteroatoms. The normalized spacial score (nSPS) is 17.4. The minimum Gasteiger partial charge on any atom is -0.461 e. The van der Waals surface area contributed by atoms with Gasteiger partial charge in [0.25, 0.3) is 0 Å². The quantitative estimate of drug-likeness (QED) is 0.511. The molecule has 1 atom stereocenters. The average Bonchev–Trinajstić information content (AvgIpc) is 3.48. The molecular formula is C20H19N3O4. The molecule has 4 aromatic rings. The van der Waals surface area contributed by atoms with Crippen molar-refractivity contribution >= 4 is 0 Å². The highest BCUT2D eigenvalue weighted by Gasteiger charge is 2.21. The molecule has 0 spiro atoms. The van der Waals surface area contributed by atoms with E-state index < -0.39 is 0 Å². The number of imidazole rings is 1. The second-order valence-electron chi connectivity index (χ2n) is 6.60. The number of hydrogen-bond donors (Lipinski definition) is 0. The van der Waals surface area contributed by atoms with Crippen LogP contribution in [0, 0.1) is 0 Å². The zero-order valence-corrected chi connectivity index (χ0v) is 14.7. The summed E-state index contributed by atoms with van der Waals surface area (Å²) in [6.07, 6.45) is 8.58. The Morgan fingerprint density at radius 1 is 1.11 bits per heavy atom. The number of aromatic nitrogens is 3. The van der Waals surface area contributed by atoms with E-state index in [4.69, 9.17) is 18.1 Å². The van der Waals surface area contributed by atoms with Gasteiger partial charge in [-0.3, -0.25) is 0 Å². The Kier molecular flexibility index (Phi) is 4.14. The smallest absolute Gasteiger partial charge is 0.202 e. The van der Waals surface area contributed by atoms with Crippen molar-refractivity contribution < 1.29 is 18.1 Å². The highest BCUT2D eigenvalue weighted by Crippen LogP contribution is 2.32. The van der Waals surface area contributed by atoms with Gasteiger partial charge in [0.05, 0.1) is 12.8 Å². The number of rotatable bonds is 5. The maximum Gasteiger partial charge on any atom is 0.202 e. The lowest BCUT2D eigenvalue weighted by Crippen LogP contribution is -2.10. The van der Waals surface area contributed by atoms with Gasteiger partial charge in [-0.2, -0.15) is 0 Å². The van der Waals surface area contributed by atoms with Crippen LogP contribution >= 0.6 is 0 Å². The van der Waals surface area contributed by atoms with Crippen molar-refractivity contribution in [3.63, 3.8) is 0 Å². The van der Waals surface area contributed by atoms with Crippen molar-refractivity contribution in [1.29, 1.82) is 0 Å². The third kappa shape index (κ3) is 3.21. The second-order valence-corrected chi connectivity index (χ2v) is 6.60. The van der Waals surface area contributed by atoms with Crippen molar-refractivity contribution in [2.24, 2.45) is 0 Å². The maximum atomic E-state index is 6.04. The van der Waals surface area contributed by atoms with E-state index in [0.717, 1.165) is 42.5 Å². The summed E-state index contributed by atoms with van der Waals surface area (Å²) in [6, 6.07) is 9.45. The topological polar surface area (TPSA) is 79.4 Å². The van der Waals surface area contributed by atoms with Crippen LogP contribution in [0.3, 0.4) is 0 Å². The van der Waals surface area contributed by atoms with E-state index in [1.165, 1.54) is 6.42 Å². The molecule has 1 unspecified atom stereocenters. The minimum atomic E-state index is 0.0438. The van der Waals surface area contributed by atoms with E-state index in [1.54, 1.807) is 12.5 Å². The van der Waals surface area contributed by atoms with E-state index in [-0.39, 0.29) is 6.10 Å². The maximum absolute atomic E-state index is 6.04. The second kappa shape index (κ2) is 6.92. The molecule has 27 heavy (non-hydrogen) atoms. The summed E-state index contributed by atoms with van der Waals surface area (Å²) in [7, 11) is 0. The van der Waals surface area contributed by atoms with Crippen molar-refractivity contribution in [3.05, 3.63) is 60.4 Å². The Bertz CT molecular complexity index is 1010. The lowest BCUT2D eigenvalue weighted by Gasteiger charge is -2.20. The van der Waals surface area contributed by atoms with E-state index >= 15 is 0 Å². The van der Waals surface area contributed by atoms with E-state index in [1.807, 2.05) is 41.1 Å². The van der Waals surface area contributed by atoms with Gasteiger partial charge >= 0.3 is 0 Å². The highest BCUT2D eigenvalue weighted by molar-refractivity contribution is 5.50. The predicted molar refractivity (Wildman–Crippen MR) is 95.8 cm³/mol. The summed E-state index contributed by atoms with van der Waals surface area (Å²) < 4.78 is 24.5. The Hall–Kier alpha value is -3.06. The summed E-state index contributed by atoms with van der Waals surface area (Å²) in [5.74, 6) is 3.59. The van der Waals surface area contributed by atoms with Crippen LogP contribution in [0.1, 0.15) is 36.8 Å². The zero-order valence-electron chi connectivity index (χ0n) is 14.7. The first-order valence-electron chi connectivity index (χ1n) is 9.09. The van der Waals surface area contributed by atoms with Crippen molar-refractivity contribution in [2.75, 3.05) is 6.61 Å². The molecule has 1 aliphatic rings. The first-order chi connectivity index (χ1) is 13.4. The van der Waals surface area contributed by atoms with Gasteiger partial charge in [-0.05, 0) is 43.5 Å². The SMILES string of the molecule is c1coc(-c2cc(Cn3ccnc3-c3ccc(C4CCCCO4)o3)no2)c1. The molecule has 1 aliphatic heterocycles.